The van der Waals surface area contributed by atoms with Gasteiger partial charge in [-0.25, -0.2) is 0 Å². The number of carbonyl (C=O) groups is 3. The molecule has 26 heavy (non-hydrogen) atoms. The molecule has 0 atom stereocenters. The van der Waals surface area contributed by atoms with Gasteiger partial charge in [0.25, 0.3) is 5.91 Å². The first-order valence-electron chi connectivity index (χ1n) is 8.31. The van der Waals surface area contributed by atoms with Gasteiger partial charge in [0.15, 0.2) is 12.4 Å². The van der Waals surface area contributed by atoms with Crippen molar-refractivity contribution in [2.24, 2.45) is 0 Å². The number of hydrogen-bond acceptors (Lipinski definition) is 5. The first kappa shape index (κ1) is 17.6. The van der Waals surface area contributed by atoms with E-state index in [-0.39, 0.29) is 30.7 Å². The molecule has 0 saturated heterocycles. The molecule has 1 aliphatic heterocycles. The highest BCUT2D eigenvalue weighted by Crippen LogP contribution is 2.33. The minimum Gasteiger partial charge on any atom is -0.482 e. The summed E-state index contributed by atoms with van der Waals surface area (Å²) in [4.78, 5) is 42.0. The van der Waals surface area contributed by atoms with Crippen molar-refractivity contribution in [2.45, 2.75) is 20.3 Å². The van der Waals surface area contributed by atoms with Gasteiger partial charge in [-0.15, -0.1) is 0 Å². The van der Waals surface area contributed by atoms with Gasteiger partial charge in [0, 0.05) is 29.6 Å². The average molecular weight is 353 g/mol. The number of fused-ring (bicyclic) bond motifs is 1. The third-order valence-corrected chi connectivity index (χ3v) is 4.03. The Hall–Kier alpha value is -3.22. The van der Waals surface area contributed by atoms with Gasteiger partial charge in [-0.05, 0) is 37.3 Å². The van der Waals surface area contributed by atoms with Crippen molar-refractivity contribution >= 4 is 29.0 Å². The summed E-state index contributed by atoms with van der Waals surface area (Å²) in [5, 5.41) is 2.75. The number of benzene rings is 1. The van der Waals surface area contributed by atoms with Crippen molar-refractivity contribution in [1.82, 2.24) is 4.98 Å². The number of Topliss-reactive ketones (excluding diaryl/α,β-unsaturated/α-hetero) is 1. The molecule has 1 aliphatic rings. The molecule has 0 bridgehead atoms. The Morgan fingerprint density at radius 1 is 1.27 bits per heavy atom. The summed E-state index contributed by atoms with van der Waals surface area (Å²) in [7, 11) is 0. The molecule has 0 radical (unpaired) electrons. The average Bonchev–Trinajstić information content (AvgIpc) is 2.63. The number of rotatable bonds is 5. The first-order chi connectivity index (χ1) is 12.5. The molecule has 1 N–H and O–H groups in total. The molecule has 0 fully saturated rings. The second kappa shape index (κ2) is 7.35. The van der Waals surface area contributed by atoms with Gasteiger partial charge < -0.3 is 10.1 Å². The monoisotopic (exact) mass is 353 g/mol. The molecular formula is C19H19N3O4. The lowest BCUT2D eigenvalue weighted by atomic mass is 10.1. The number of nitrogens with zero attached hydrogens (tertiary/aromatic N) is 2. The standard InChI is InChI=1S/C19H19N3O4/c1-3-16(23)13-4-5-17-15(9-13)22(19(25)11-26-17)10-18(24)21-14-6-7-20-12(2)8-14/h4-9H,3,10-11H2,1-2H3,(H,20,21,24). The summed E-state index contributed by atoms with van der Waals surface area (Å²) in [5.74, 6) is -0.240. The van der Waals surface area contributed by atoms with E-state index in [0.29, 0.717) is 29.1 Å². The molecule has 7 heteroatoms. The van der Waals surface area contributed by atoms with Gasteiger partial charge in [0.1, 0.15) is 12.3 Å². The van der Waals surface area contributed by atoms with Crippen LogP contribution in [0.1, 0.15) is 29.4 Å². The summed E-state index contributed by atoms with van der Waals surface area (Å²) in [6, 6.07) is 8.34. The van der Waals surface area contributed by atoms with Crippen LogP contribution in [-0.2, 0) is 9.59 Å². The van der Waals surface area contributed by atoms with Gasteiger partial charge in [0.05, 0.1) is 5.69 Å². The fraction of sp³-hybridized carbons (Fsp3) is 0.263. The topological polar surface area (TPSA) is 88.6 Å². The normalized spacial score (nSPS) is 13.0. The summed E-state index contributed by atoms with van der Waals surface area (Å²) < 4.78 is 5.41. The number of hydrogen-bond donors (Lipinski definition) is 1. The van der Waals surface area contributed by atoms with Gasteiger partial charge in [-0.2, -0.15) is 0 Å². The number of pyridine rings is 1. The van der Waals surface area contributed by atoms with Gasteiger partial charge in [0.2, 0.25) is 5.91 Å². The van der Waals surface area contributed by atoms with Crippen molar-refractivity contribution in [3.05, 3.63) is 47.8 Å². The molecule has 0 aliphatic carbocycles. The van der Waals surface area contributed by atoms with Crippen LogP contribution < -0.4 is 15.0 Å². The molecule has 3 rings (SSSR count). The lowest BCUT2D eigenvalue weighted by molar-refractivity contribution is -0.123. The smallest absolute Gasteiger partial charge is 0.265 e. The number of anilines is 2. The highest BCUT2D eigenvalue weighted by Gasteiger charge is 2.28. The minimum atomic E-state index is -0.343. The zero-order chi connectivity index (χ0) is 18.7. The molecule has 0 saturated carbocycles. The number of ether oxygens (including phenoxy) is 1. The maximum absolute atomic E-state index is 12.4. The van der Waals surface area contributed by atoms with Crippen molar-refractivity contribution in [3.63, 3.8) is 0 Å². The van der Waals surface area contributed by atoms with E-state index in [0.717, 1.165) is 5.69 Å². The lowest BCUT2D eigenvalue weighted by Gasteiger charge is -2.29. The van der Waals surface area contributed by atoms with E-state index in [2.05, 4.69) is 10.3 Å². The Bertz CT molecular complexity index is 879. The van der Waals surface area contributed by atoms with Crippen LogP contribution >= 0.6 is 0 Å². The molecule has 0 spiro atoms. The second-order valence-electron chi connectivity index (χ2n) is 5.96. The van der Waals surface area contributed by atoms with E-state index in [4.69, 9.17) is 4.74 Å². The minimum absolute atomic E-state index is 0.0394. The Balaban J connectivity index is 1.82. The van der Waals surface area contributed by atoms with Gasteiger partial charge >= 0.3 is 0 Å². The van der Waals surface area contributed by atoms with E-state index in [1.807, 2.05) is 6.92 Å². The molecule has 0 unspecified atom stereocenters. The van der Waals surface area contributed by atoms with E-state index < -0.39 is 0 Å². The lowest BCUT2D eigenvalue weighted by Crippen LogP contribution is -2.43. The molecule has 7 nitrogen and oxygen atoms in total. The quantitative estimate of drug-likeness (QED) is 0.834. The predicted molar refractivity (Wildman–Crippen MR) is 96.5 cm³/mol. The molecule has 134 valence electrons. The number of aromatic nitrogens is 1. The Morgan fingerprint density at radius 3 is 2.81 bits per heavy atom. The zero-order valence-corrected chi connectivity index (χ0v) is 14.6. The first-order valence-corrected chi connectivity index (χ1v) is 8.31. The molecular weight excluding hydrogens is 334 g/mol. The van der Waals surface area contributed by atoms with E-state index in [9.17, 15) is 14.4 Å². The third-order valence-electron chi connectivity index (χ3n) is 4.03. The SMILES string of the molecule is CCC(=O)c1ccc2c(c1)N(CC(=O)Nc1ccnc(C)c1)C(=O)CO2. The number of aryl methyl sites for hydroxylation is 1. The molecule has 2 heterocycles. The number of ketones is 1. The fourth-order valence-corrected chi connectivity index (χ4v) is 2.72. The number of amides is 2. The molecule has 2 aromatic rings. The van der Waals surface area contributed by atoms with Crippen molar-refractivity contribution in [3.8, 4) is 5.75 Å². The van der Waals surface area contributed by atoms with Crippen molar-refractivity contribution in [2.75, 3.05) is 23.4 Å². The van der Waals surface area contributed by atoms with Gasteiger partial charge in [-0.3, -0.25) is 24.3 Å². The summed E-state index contributed by atoms with van der Waals surface area (Å²) in [6.07, 6.45) is 1.96. The third kappa shape index (κ3) is 3.72. The van der Waals surface area contributed by atoms with Crippen LogP contribution in [0.3, 0.4) is 0 Å². The maximum atomic E-state index is 12.4. The maximum Gasteiger partial charge on any atom is 0.265 e. The molecule has 1 aromatic heterocycles. The van der Waals surface area contributed by atoms with Crippen LogP contribution in [0.15, 0.2) is 36.5 Å². The summed E-state index contributed by atoms with van der Waals surface area (Å²) in [6.45, 7) is 3.28. The van der Waals surface area contributed by atoms with E-state index >= 15 is 0 Å². The number of nitrogens with one attached hydrogen (secondary N) is 1. The zero-order valence-electron chi connectivity index (χ0n) is 14.6. The second-order valence-corrected chi connectivity index (χ2v) is 5.96. The van der Waals surface area contributed by atoms with Crippen LogP contribution in [0.4, 0.5) is 11.4 Å². The van der Waals surface area contributed by atoms with Crippen LogP contribution in [-0.4, -0.2) is 35.7 Å². The number of carbonyl (C=O) groups excluding carboxylic acids is 3. The highest BCUT2D eigenvalue weighted by atomic mass is 16.5. The van der Waals surface area contributed by atoms with Crippen molar-refractivity contribution in [1.29, 1.82) is 0 Å². The van der Waals surface area contributed by atoms with Crippen LogP contribution in [0.5, 0.6) is 5.75 Å². The van der Waals surface area contributed by atoms with E-state index in [1.54, 1.807) is 43.5 Å². The summed E-state index contributed by atoms with van der Waals surface area (Å²) in [5.41, 5.74) is 2.30. The molecule has 1 aromatic carbocycles. The predicted octanol–water partition coefficient (Wildman–Crippen LogP) is 2.35. The van der Waals surface area contributed by atoms with Crippen LogP contribution in [0, 0.1) is 6.92 Å². The summed E-state index contributed by atoms with van der Waals surface area (Å²) >= 11 is 0. The van der Waals surface area contributed by atoms with Crippen LogP contribution in [0.2, 0.25) is 0 Å². The van der Waals surface area contributed by atoms with Gasteiger partial charge in [-0.1, -0.05) is 6.92 Å². The molecule has 2 amide bonds. The highest BCUT2D eigenvalue weighted by molar-refractivity contribution is 6.06. The Kier molecular flexibility index (Phi) is 4.97. The fourth-order valence-electron chi connectivity index (χ4n) is 2.72. The van der Waals surface area contributed by atoms with Crippen molar-refractivity contribution < 1.29 is 19.1 Å². The van der Waals surface area contributed by atoms with Crippen LogP contribution in [0.25, 0.3) is 0 Å². The Morgan fingerprint density at radius 2 is 2.08 bits per heavy atom. The van der Waals surface area contributed by atoms with E-state index in [1.165, 1.54) is 4.90 Å². The largest absolute Gasteiger partial charge is 0.482 e. The Labute approximate surface area is 151 Å².